The van der Waals surface area contributed by atoms with Crippen molar-refractivity contribution >= 4 is 10.9 Å². The highest BCUT2D eigenvalue weighted by molar-refractivity contribution is 5.78. The Hall–Kier alpha value is -1.51. The topological polar surface area (TPSA) is 48.9 Å². The highest BCUT2D eigenvalue weighted by Crippen LogP contribution is 2.14. The Morgan fingerprint density at radius 1 is 1.50 bits per heavy atom. The second-order valence-corrected chi connectivity index (χ2v) is 2.11. The third-order valence-electron chi connectivity index (χ3n) is 1.42. The van der Waals surface area contributed by atoms with Crippen LogP contribution in [0.2, 0.25) is 0 Å². The molecule has 0 saturated heterocycles. The van der Waals surface area contributed by atoms with Crippen molar-refractivity contribution in [1.29, 1.82) is 0 Å². The predicted octanol–water partition coefficient (Wildman–Crippen LogP) is 1.27. The molecule has 0 bridgehead atoms. The fourth-order valence-electron chi connectivity index (χ4n) is 0.934. The van der Waals surface area contributed by atoms with Gasteiger partial charge in [-0.25, -0.2) is 4.98 Å². The third kappa shape index (κ3) is 0.639. The van der Waals surface area contributed by atoms with Crippen molar-refractivity contribution in [3.8, 4) is 5.88 Å². The Morgan fingerprint density at radius 3 is 3.30 bits per heavy atom. The molecule has 0 aliphatic carbocycles. The molecule has 0 saturated carbocycles. The van der Waals surface area contributed by atoms with E-state index in [4.69, 9.17) is 5.11 Å². The van der Waals surface area contributed by atoms with E-state index in [9.17, 15) is 0 Å². The number of hydrogen-bond acceptors (Lipinski definition) is 2. The van der Waals surface area contributed by atoms with Crippen molar-refractivity contribution in [3.63, 3.8) is 0 Å². The minimum Gasteiger partial charge on any atom is -0.493 e. The van der Waals surface area contributed by atoms with Gasteiger partial charge in [-0.05, 0) is 6.07 Å². The lowest BCUT2D eigenvalue weighted by atomic mass is 10.3. The molecule has 0 spiro atoms. The molecule has 0 aliphatic heterocycles. The van der Waals surface area contributed by atoms with Crippen molar-refractivity contribution < 1.29 is 5.11 Å². The van der Waals surface area contributed by atoms with Gasteiger partial charge in [0.15, 0.2) is 0 Å². The number of aromatic hydroxyl groups is 1. The van der Waals surface area contributed by atoms with E-state index in [2.05, 4.69) is 9.97 Å². The maximum absolute atomic E-state index is 8.92. The first-order valence-corrected chi connectivity index (χ1v) is 2.98. The highest BCUT2D eigenvalue weighted by atomic mass is 16.3. The van der Waals surface area contributed by atoms with Gasteiger partial charge >= 0.3 is 0 Å². The summed E-state index contributed by atoms with van der Waals surface area (Å²) in [7, 11) is 0. The van der Waals surface area contributed by atoms with Gasteiger partial charge in [-0.1, -0.05) is 0 Å². The van der Waals surface area contributed by atoms with Crippen molar-refractivity contribution in [2.24, 2.45) is 0 Å². The van der Waals surface area contributed by atoms with Crippen LogP contribution in [0.1, 0.15) is 0 Å². The Kier molecular flexibility index (Phi) is 0.917. The first-order chi connectivity index (χ1) is 4.86. The van der Waals surface area contributed by atoms with Gasteiger partial charge in [0, 0.05) is 23.8 Å². The Morgan fingerprint density at radius 2 is 2.40 bits per heavy atom. The summed E-state index contributed by atoms with van der Waals surface area (Å²) >= 11 is 0. The molecular weight excluding hydrogens is 128 g/mol. The molecule has 2 aromatic rings. The lowest BCUT2D eigenvalue weighted by Crippen LogP contribution is -1.72. The van der Waals surface area contributed by atoms with Gasteiger partial charge in [0.05, 0.1) is 5.52 Å². The normalized spacial score (nSPS) is 10.4. The largest absolute Gasteiger partial charge is 0.493 e. The molecule has 2 heterocycles. The monoisotopic (exact) mass is 134 g/mol. The molecule has 3 nitrogen and oxygen atoms in total. The number of fused-ring (bicyclic) bond motifs is 1. The van der Waals surface area contributed by atoms with Gasteiger partial charge in [-0.3, -0.25) is 0 Å². The average Bonchev–Trinajstić information content (AvgIpc) is 2.33. The van der Waals surface area contributed by atoms with Gasteiger partial charge in [0.1, 0.15) is 0 Å². The van der Waals surface area contributed by atoms with Gasteiger partial charge in [0.25, 0.3) is 0 Å². The lowest BCUT2D eigenvalue weighted by Gasteiger charge is -1.88. The quantitative estimate of drug-likeness (QED) is 0.570. The van der Waals surface area contributed by atoms with Crippen LogP contribution in [0.5, 0.6) is 5.88 Å². The molecule has 2 N–H and O–H groups in total. The number of rotatable bonds is 0. The third-order valence-corrected chi connectivity index (χ3v) is 1.42. The van der Waals surface area contributed by atoms with E-state index in [1.54, 1.807) is 12.3 Å². The molecule has 0 radical (unpaired) electrons. The second kappa shape index (κ2) is 1.73. The fraction of sp³-hybridized carbons (Fsp3) is 0. The number of H-pyrrole nitrogens is 1. The summed E-state index contributed by atoms with van der Waals surface area (Å²) in [6.07, 6.45) is 3.44. The summed E-state index contributed by atoms with van der Waals surface area (Å²) in [4.78, 5) is 6.68. The number of nitrogens with zero attached hydrogens (tertiary/aromatic N) is 1. The molecule has 2 rings (SSSR count). The maximum atomic E-state index is 8.92. The van der Waals surface area contributed by atoms with Gasteiger partial charge in [-0.15, -0.1) is 0 Å². The SMILES string of the molecule is Oc1cc2[nH]ccc2cn1. The van der Waals surface area contributed by atoms with Gasteiger partial charge in [0.2, 0.25) is 5.88 Å². The first-order valence-electron chi connectivity index (χ1n) is 2.98. The molecule has 0 aliphatic rings. The number of pyridine rings is 1. The molecule has 0 unspecified atom stereocenters. The number of aromatic nitrogens is 2. The van der Waals surface area contributed by atoms with E-state index >= 15 is 0 Å². The van der Waals surface area contributed by atoms with Crippen molar-refractivity contribution in [2.45, 2.75) is 0 Å². The second-order valence-electron chi connectivity index (χ2n) is 2.11. The molecule has 10 heavy (non-hydrogen) atoms. The zero-order valence-electron chi connectivity index (χ0n) is 5.20. The van der Waals surface area contributed by atoms with Crippen LogP contribution in [0, 0.1) is 0 Å². The summed E-state index contributed by atoms with van der Waals surface area (Å²) in [6.45, 7) is 0. The standard InChI is InChI=1S/C7H6N2O/c10-7-3-6-5(4-9-7)1-2-8-6/h1-4,8H,(H,9,10). The van der Waals surface area contributed by atoms with Crippen LogP contribution in [0.3, 0.4) is 0 Å². The average molecular weight is 134 g/mol. The summed E-state index contributed by atoms with van der Waals surface area (Å²) in [6, 6.07) is 3.50. The first kappa shape index (κ1) is 5.29. The summed E-state index contributed by atoms with van der Waals surface area (Å²) in [5.41, 5.74) is 0.910. The van der Waals surface area contributed by atoms with Gasteiger partial charge in [-0.2, -0.15) is 0 Å². The fourth-order valence-corrected chi connectivity index (χ4v) is 0.934. The highest BCUT2D eigenvalue weighted by Gasteiger charge is 1.94. The van der Waals surface area contributed by atoms with E-state index in [0.717, 1.165) is 10.9 Å². The molecule has 50 valence electrons. The van der Waals surface area contributed by atoms with E-state index in [-0.39, 0.29) is 5.88 Å². The minimum absolute atomic E-state index is 0.0509. The lowest BCUT2D eigenvalue weighted by molar-refractivity contribution is 0.454. The Balaban J connectivity index is 2.86. The van der Waals surface area contributed by atoms with E-state index in [1.807, 2.05) is 12.3 Å². The van der Waals surface area contributed by atoms with Crippen LogP contribution in [0.15, 0.2) is 24.5 Å². The smallest absolute Gasteiger partial charge is 0.212 e. The maximum Gasteiger partial charge on any atom is 0.212 e. The number of nitrogens with one attached hydrogen (secondary N) is 1. The van der Waals surface area contributed by atoms with E-state index in [0.29, 0.717) is 0 Å². The zero-order valence-corrected chi connectivity index (χ0v) is 5.20. The summed E-state index contributed by atoms with van der Waals surface area (Å²) in [5, 5.41) is 9.93. The summed E-state index contributed by atoms with van der Waals surface area (Å²) in [5.74, 6) is 0.0509. The van der Waals surface area contributed by atoms with Crippen molar-refractivity contribution in [3.05, 3.63) is 24.5 Å². The zero-order chi connectivity index (χ0) is 6.97. The Bertz CT molecular complexity index is 353. The molecule has 0 aromatic carbocycles. The van der Waals surface area contributed by atoms with E-state index in [1.165, 1.54) is 0 Å². The van der Waals surface area contributed by atoms with Crippen LogP contribution >= 0.6 is 0 Å². The van der Waals surface area contributed by atoms with E-state index < -0.39 is 0 Å². The molecular formula is C7H6N2O. The molecule has 3 heteroatoms. The van der Waals surface area contributed by atoms with Crippen LogP contribution in [0.25, 0.3) is 10.9 Å². The molecule has 0 amide bonds. The summed E-state index contributed by atoms with van der Waals surface area (Å²) < 4.78 is 0. The molecule has 0 atom stereocenters. The molecule has 2 aromatic heterocycles. The van der Waals surface area contributed by atoms with Crippen LogP contribution in [-0.2, 0) is 0 Å². The number of hydrogen-bond donors (Lipinski definition) is 2. The Labute approximate surface area is 57.3 Å². The van der Waals surface area contributed by atoms with Gasteiger partial charge < -0.3 is 10.1 Å². The minimum atomic E-state index is 0.0509. The van der Waals surface area contributed by atoms with Crippen molar-refractivity contribution in [2.75, 3.05) is 0 Å². The molecule has 0 fully saturated rings. The number of aromatic amines is 1. The van der Waals surface area contributed by atoms with Crippen LogP contribution in [0.4, 0.5) is 0 Å². The van der Waals surface area contributed by atoms with Crippen molar-refractivity contribution in [1.82, 2.24) is 9.97 Å². The van der Waals surface area contributed by atoms with Crippen LogP contribution < -0.4 is 0 Å². The van der Waals surface area contributed by atoms with Crippen LogP contribution in [-0.4, -0.2) is 15.1 Å². The predicted molar refractivity (Wildman–Crippen MR) is 37.8 cm³/mol.